The van der Waals surface area contributed by atoms with E-state index in [2.05, 4.69) is 10.3 Å². The summed E-state index contributed by atoms with van der Waals surface area (Å²) >= 11 is 1.51. The van der Waals surface area contributed by atoms with Crippen molar-refractivity contribution >= 4 is 22.9 Å². The molecule has 0 radical (unpaired) electrons. The minimum absolute atomic E-state index is 0.129. The second-order valence-corrected chi connectivity index (χ2v) is 6.52. The molecule has 26 heavy (non-hydrogen) atoms. The molecule has 0 saturated heterocycles. The summed E-state index contributed by atoms with van der Waals surface area (Å²) in [6, 6.07) is 13.0. The van der Waals surface area contributed by atoms with Gasteiger partial charge in [0.05, 0.1) is 19.2 Å². The molecule has 2 aromatic carbocycles. The van der Waals surface area contributed by atoms with Gasteiger partial charge in [-0.2, -0.15) is 0 Å². The van der Waals surface area contributed by atoms with E-state index in [1.165, 1.54) is 11.3 Å². The van der Waals surface area contributed by atoms with Crippen molar-refractivity contribution in [1.82, 2.24) is 4.98 Å². The third kappa shape index (κ3) is 3.48. The highest BCUT2D eigenvalue weighted by atomic mass is 32.1. The lowest BCUT2D eigenvalue weighted by atomic mass is 10.2. The van der Waals surface area contributed by atoms with Gasteiger partial charge >= 0.3 is 0 Å². The molecule has 0 unspecified atom stereocenters. The molecule has 0 bridgehead atoms. The van der Waals surface area contributed by atoms with Crippen molar-refractivity contribution in [3.05, 3.63) is 53.5 Å². The maximum Gasteiger partial charge on any atom is 0.231 e. The van der Waals surface area contributed by atoms with Crippen LogP contribution < -0.4 is 19.5 Å². The zero-order valence-corrected chi connectivity index (χ0v) is 14.8. The van der Waals surface area contributed by atoms with Crippen LogP contribution in [0.2, 0.25) is 0 Å². The predicted molar refractivity (Wildman–Crippen MR) is 99.0 cm³/mol. The van der Waals surface area contributed by atoms with Gasteiger partial charge in [-0.1, -0.05) is 0 Å². The molecule has 3 aromatic rings. The van der Waals surface area contributed by atoms with Gasteiger partial charge in [-0.05, 0) is 36.4 Å². The quantitative estimate of drug-likeness (QED) is 0.743. The molecule has 1 aliphatic rings. The van der Waals surface area contributed by atoms with E-state index >= 15 is 0 Å². The number of hydrogen-bond acceptors (Lipinski definition) is 6. The molecule has 7 heteroatoms. The first-order valence-corrected chi connectivity index (χ1v) is 8.87. The van der Waals surface area contributed by atoms with E-state index in [-0.39, 0.29) is 19.1 Å². The van der Waals surface area contributed by atoms with Crippen molar-refractivity contribution in [2.45, 2.75) is 6.42 Å². The first kappa shape index (κ1) is 16.4. The Morgan fingerprint density at radius 2 is 2.00 bits per heavy atom. The minimum Gasteiger partial charge on any atom is -0.497 e. The number of carbonyl (C=O) groups is 1. The molecule has 0 spiro atoms. The molecular formula is C19H16N2O4S. The van der Waals surface area contributed by atoms with E-state index in [4.69, 9.17) is 14.2 Å². The summed E-state index contributed by atoms with van der Waals surface area (Å²) in [5.74, 6) is 1.99. The van der Waals surface area contributed by atoms with Crippen LogP contribution in [0.1, 0.15) is 5.69 Å². The van der Waals surface area contributed by atoms with Gasteiger partial charge < -0.3 is 19.5 Å². The Labute approximate surface area is 154 Å². The Hall–Kier alpha value is -3.06. The summed E-state index contributed by atoms with van der Waals surface area (Å²) in [6.07, 6.45) is 0.209. The second kappa shape index (κ2) is 7.05. The van der Waals surface area contributed by atoms with Gasteiger partial charge in [0.2, 0.25) is 12.7 Å². The molecule has 0 saturated carbocycles. The highest BCUT2D eigenvalue weighted by molar-refractivity contribution is 7.13. The number of thiazole rings is 1. The molecule has 4 rings (SSSR count). The van der Waals surface area contributed by atoms with Gasteiger partial charge in [-0.25, -0.2) is 4.98 Å². The maximum atomic E-state index is 12.3. The SMILES string of the molecule is COc1ccc(-c2nc(CC(=O)Nc3ccc4c(c3)OCO4)cs2)cc1. The summed E-state index contributed by atoms with van der Waals surface area (Å²) in [7, 11) is 1.63. The fourth-order valence-corrected chi connectivity index (χ4v) is 3.42. The van der Waals surface area contributed by atoms with E-state index in [0.29, 0.717) is 17.2 Å². The van der Waals surface area contributed by atoms with Crippen LogP contribution in [-0.2, 0) is 11.2 Å². The van der Waals surface area contributed by atoms with Gasteiger partial charge in [-0.3, -0.25) is 4.79 Å². The van der Waals surface area contributed by atoms with Crippen molar-refractivity contribution in [3.63, 3.8) is 0 Å². The lowest BCUT2D eigenvalue weighted by molar-refractivity contribution is -0.115. The van der Waals surface area contributed by atoms with Crippen LogP contribution >= 0.6 is 11.3 Å². The van der Waals surface area contributed by atoms with Crippen LogP contribution in [-0.4, -0.2) is 24.8 Å². The van der Waals surface area contributed by atoms with Crippen LogP contribution in [0.3, 0.4) is 0 Å². The monoisotopic (exact) mass is 368 g/mol. The number of anilines is 1. The standard InChI is InChI=1S/C19H16N2O4S/c1-23-15-5-2-12(3-6-15)19-21-14(10-26-19)9-18(22)20-13-4-7-16-17(8-13)25-11-24-16/h2-8,10H,9,11H2,1H3,(H,20,22). The van der Waals surface area contributed by atoms with E-state index in [9.17, 15) is 4.79 Å². The molecule has 2 heterocycles. The first-order chi connectivity index (χ1) is 12.7. The summed E-state index contributed by atoms with van der Waals surface area (Å²) in [4.78, 5) is 16.8. The number of benzene rings is 2. The Kier molecular flexibility index (Phi) is 4.45. The Bertz CT molecular complexity index is 937. The topological polar surface area (TPSA) is 69.7 Å². The van der Waals surface area contributed by atoms with Crippen LogP contribution in [0.25, 0.3) is 10.6 Å². The van der Waals surface area contributed by atoms with Crippen molar-refractivity contribution in [3.8, 4) is 27.8 Å². The smallest absolute Gasteiger partial charge is 0.231 e. The molecule has 1 aromatic heterocycles. The fourth-order valence-electron chi connectivity index (χ4n) is 2.60. The number of amides is 1. The largest absolute Gasteiger partial charge is 0.497 e. The van der Waals surface area contributed by atoms with Gasteiger partial charge in [0.1, 0.15) is 10.8 Å². The molecule has 1 amide bonds. The van der Waals surface area contributed by atoms with Crippen molar-refractivity contribution in [1.29, 1.82) is 0 Å². The Morgan fingerprint density at radius 3 is 2.81 bits per heavy atom. The van der Waals surface area contributed by atoms with Crippen LogP contribution in [0.5, 0.6) is 17.2 Å². The summed E-state index contributed by atoms with van der Waals surface area (Å²) < 4.78 is 15.7. The number of nitrogens with one attached hydrogen (secondary N) is 1. The number of aromatic nitrogens is 1. The van der Waals surface area contributed by atoms with E-state index < -0.39 is 0 Å². The van der Waals surface area contributed by atoms with Gasteiger partial charge in [0.25, 0.3) is 0 Å². The summed E-state index contributed by atoms with van der Waals surface area (Å²) in [5, 5.41) is 5.63. The molecule has 132 valence electrons. The van der Waals surface area contributed by atoms with Gasteiger partial charge in [0, 0.05) is 22.7 Å². The number of methoxy groups -OCH3 is 1. The van der Waals surface area contributed by atoms with E-state index in [1.807, 2.05) is 29.6 Å². The molecule has 0 fully saturated rings. The number of fused-ring (bicyclic) bond motifs is 1. The average molecular weight is 368 g/mol. The zero-order chi connectivity index (χ0) is 17.9. The first-order valence-electron chi connectivity index (χ1n) is 7.99. The van der Waals surface area contributed by atoms with Crippen molar-refractivity contribution < 1.29 is 19.0 Å². The lowest BCUT2D eigenvalue weighted by Crippen LogP contribution is -2.14. The number of hydrogen-bond donors (Lipinski definition) is 1. The van der Waals surface area contributed by atoms with Crippen LogP contribution in [0, 0.1) is 0 Å². The highest BCUT2D eigenvalue weighted by Gasteiger charge is 2.15. The lowest BCUT2D eigenvalue weighted by Gasteiger charge is -2.05. The van der Waals surface area contributed by atoms with Crippen molar-refractivity contribution in [2.75, 3.05) is 19.2 Å². The molecule has 1 aliphatic heterocycles. The highest BCUT2D eigenvalue weighted by Crippen LogP contribution is 2.34. The molecular weight excluding hydrogens is 352 g/mol. The second-order valence-electron chi connectivity index (χ2n) is 5.67. The minimum atomic E-state index is -0.129. The van der Waals surface area contributed by atoms with Crippen molar-refractivity contribution in [2.24, 2.45) is 0 Å². The third-order valence-electron chi connectivity index (χ3n) is 3.89. The van der Waals surface area contributed by atoms with E-state index in [1.54, 1.807) is 25.3 Å². The molecule has 0 aliphatic carbocycles. The predicted octanol–water partition coefficient (Wildman–Crippen LogP) is 3.73. The molecule has 6 nitrogen and oxygen atoms in total. The average Bonchev–Trinajstić information content (AvgIpc) is 3.30. The number of rotatable bonds is 5. The normalized spacial score (nSPS) is 12.0. The van der Waals surface area contributed by atoms with Crippen LogP contribution in [0.4, 0.5) is 5.69 Å². The maximum absolute atomic E-state index is 12.3. The Morgan fingerprint density at radius 1 is 1.19 bits per heavy atom. The molecule has 0 atom stereocenters. The summed E-state index contributed by atoms with van der Waals surface area (Å²) in [5.41, 5.74) is 2.40. The Balaban J connectivity index is 1.41. The third-order valence-corrected chi connectivity index (χ3v) is 4.83. The molecule has 1 N–H and O–H groups in total. The number of carbonyl (C=O) groups excluding carboxylic acids is 1. The summed E-state index contributed by atoms with van der Waals surface area (Å²) in [6.45, 7) is 0.208. The van der Waals surface area contributed by atoms with Crippen LogP contribution in [0.15, 0.2) is 47.8 Å². The fraction of sp³-hybridized carbons (Fsp3) is 0.158. The zero-order valence-electron chi connectivity index (χ0n) is 14.0. The van der Waals surface area contributed by atoms with E-state index in [0.717, 1.165) is 22.0 Å². The van der Waals surface area contributed by atoms with Gasteiger partial charge in [0.15, 0.2) is 11.5 Å². The number of ether oxygens (including phenoxy) is 3. The number of nitrogens with zero attached hydrogens (tertiary/aromatic N) is 1. The van der Waals surface area contributed by atoms with Gasteiger partial charge in [-0.15, -0.1) is 11.3 Å².